The molecule has 1 N–H and O–H groups in total. The van der Waals surface area contributed by atoms with E-state index in [-0.39, 0.29) is 5.91 Å². The first-order valence-corrected chi connectivity index (χ1v) is 6.32. The number of H-pyrrole nitrogens is 1. The standard InChI is InChI=1S/C14H15N3O2/c18-14(17-6-8-19-9-7-17)12-10-15-16-13(12)11-4-2-1-3-5-11/h1-5,10H,6-9H2,(H,15,16). The Morgan fingerprint density at radius 1 is 1.21 bits per heavy atom. The van der Waals surface area contributed by atoms with Crippen molar-refractivity contribution in [1.29, 1.82) is 0 Å². The van der Waals surface area contributed by atoms with E-state index in [0.717, 1.165) is 11.3 Å². The highest BCUT2D eigenvalue weighted by Crippen LogP contribution is 2.22. The molecule has 1 aliphatic rings. The van der Waals surface area contributed by atoms with Gasteiger partial charge in [0.1, 0.15) is 0 Å². The number of benzene rings is 1. The van der Waals surface area contributed by atoms with Crippen LogP contribution in [0, 0.1) is 0 Å². The Kier molecular flexibility index (Phi) is 3.29. The number of amides is 1. The zero-order valence-electron chi connectivity index (χ0n) is 10.5. The molecular weight excluding hydrogens is 242 g/mol. The van der Waals surface area contributed by atoms with Gasteiger partial charge in [0, 0.05) is 18.7 Å². The molecule has 1 fully saturated rings. The molecule has 5 nitrogen and oxygen atoms in total. The molecule has 0 atom stereocenters. The smallest absolute Gasteiger partial charge is 0.257 e. The van der Waals surface area contributed by atoms with Crippen molar-refractivity contribution in [1.82, 2.24) is 15.1 Å². The first kappa shape index (κ1) is 11.9. The molecule has 98 valence electrons. The minimum atomic E-state index is 0.0101. The average Bonchev–Trinajstić information content (AvgIpc) is 2.98. The van der Waals surface area contributed by atoms with E-state index in [4.69, 9.17) is 4.74 Å². The van der Waals surface area contributed by atoms with Gasteiger partial charge in [-0.15, -0.1) is 0 Å². The molecule has 2 heterocycles. The number of hydrogen-bond acceptors (Lipinski definition) is 3. The summed E-state index contributed by atoms with van der Waals surface area (Å²) in [6.45, 7) is 2.48. The van der Waals surface area contributed by atoms with Crippen molar-refractivity contribution < 1.29 is 9.53 Å². The van der Waals surface area contributed by atoms with Gasteiger partial charge in [0.15, 0.2) is 0 Å². The van der Waals surface area contributed by atoms with E-state index >= 15 is 0 Å². The summed E-state index contributed by atoms with van der Waals surface area (Å²) in [6, 6.07) is 9.76. The van der Waals surface area contributed by atoms with Gasteiger partial charge >= 0.3 is 0 Å². The highest BCUT2D eigenvalue weighted by atomic mass is 16.5. The van der Waals surface area contributed by atoms with Gasteiger partial charge in [-0.2, -0.15) is 5.10 Å². The fourth-order valence-corrected chi connectivity index (χ4v) is 2.21. The van der Waals surface area contributed by atoms with Crippen LogP contribution in [-0.2, 0) is 4.74 Å². The Labute approximate surface area is 111 Å². The second-order valence-corrected chi connectivity index (χ2v) is 4.43. The minimum absolute atomic E-state index is 0.0101. The van der Waals surface area contributed by atoms with Gasteiger partial charge in [-0.05, 0) is 0 Å². The Morgan fingerprint density at radius 3 is 2.68 bits per heavy atom. The van der Waals surface area contributed by atoms with Crippen LogP contribution < -0.4 is 0 Å². The number of nitrogens with one attached hydrogen (secondary N) is 1. The first-order chi connectivity index (χ1) is 9.36. The Hall–Kier alpha value is -2.14. The van der Waals surface area contributed by atoms with Crippen LogP contribution in [-0.4, -0.2) is 47.3 Å². The maximum absolute atomic E-state index is 12.5. The second-order valence-electron chi connectivity index (χ2n) is 4.43. The summed E-state index contributed by atoms with van der Waals surface area (Å²) in [7, 11) is 0. The summed E-state index contributed by atoms with van der Waals surface area (Å²) in [5.74, 6) is 0.0101. The minimum Gasteiger partial charge on any atom is -0.378 e. The van der Waals surface area contributed by atoms with Crippen LogP contribution in [0.5, 0.6) is 0 Å². The lowest BCUT2D eigenvalue weighted by atomic mass is 10.1. The normalized spacial score (nSPS) is 15.5. The van der Waals surface area contributed by atoms with Crippen molar-refractivity contribution in [3.63, 3.8) is 0 Å². The van der Waals surface area contributed by atoms with Crippen molar-refractivity contribution in [2.45, 2.75) is 0 Å². The topological polar surface area (TPSA) is 58.2 Å². The number of morpholine rings is 1. The molecule has 0 aliphatic carbocycles. The summed E-state index contributed by atoms with van der Waals surface area (Å²) in [4.78, 5) is 14.3. The fourth-order valence-electron chi connectivity index (χ4n) is 2.21. The quantitative estimate of drug-likeness (QED) is 0.888. The molecule has 3 rings (SSSR count). The predicted molar refractivity (Wildman–Crippen MR) is 70.7 cm³/mol. The van der Waals surface area contributed by atoms with Crippen molar-refractivity contribution in [3.05, 3.63) is 42.1 Å². The third-order valence-corrected chi connectivity index (χ3v) is 3.23. The number of carbonyl (C=O) groups is 1. The third-order valence-electron chi connectivity index (χ3n) is 3.23. The molecule has 19 heavy (non-hydrogen) atoms. The van der Waals surface area contributed by atoms with Crippen LogP contribution in [0.2, 0.25) is 0 Å². The summed E-state index contributed by atoms with van der Waals surface area (Å²) in [5, 5.41) is 6.92. The molecule has 0 saturated carbocycles. The summed E-state index contributed by atoms with van der Waals surface area (Å²) in [5.41, 5.74) is 2.36. The van der Waals surface area contributed by atoms with Crippen LogP contribution in [0.4, 0.5) is 0 Å². The van der Waals surface area contributed by atoms with Crippen molar-refractivity contribution >= 4 is 5.91 Å². The summed E-state index contributed by atoms with van der Waals surface area (Å²) < 4.78 is 5.26. The van der Waals surface area contributed by atoms with Crippen LogP contribution in [0.3, 0.4) is 0 Å². The van der Waals surface area contributed by atoms with Gasteiger partial charge < -0.3 is 9.64 Å². The van der Waals surface area contributed by atoms with E-state index in [0.29, 0.717) is 31.9 Å². The molecule has 0 bridgehead atoms. The SMILES string of the molecule is O=C(c1cn[nH]c1-c1ccccc1)N1CCOCC1. The van der Waals surface area contributed by atoms with Gasteiger partial charge in [0.2, 0.25) is 0 Å². The van der Waals surface area contributed by atoms with Crippen LogP contribution in [0.15, 0.2) is 36.5 Å². The van der Waals surface area contributed by atoms with E-state index < -0.39 is 0 Å². The van der Waals surface area contributed by atoms with Crippen LogP contribution >= 0.6 is 0 Å². The maximum Gasteiger partial charge on any atom is 0.257 e. The van der Waals surface area contributed by atoms with Gasteiger partial charge in [0.25, 0.3) is 5.91 Å². The number of aromatic nitrogens is 2. The Morgan fingerprint density at radius 2 is 1.95 bits per heavy atom. The predicted octanol–water partition coefficient (Wildman–Crippen LogP) is 1.55. The van der Waals surface area contributed by atoms with E-state index in [1.54, 1.807) is 11.1 Å². The highest BCUT2D eigenvalue weighted by Gasteiger charge is 2.22. The van der Waals surface area contributed by atoms with Crippen molar-refractivity contribution in [2.75, 3.05) is 26.3 Å². The molecule has 1 aliphatic heterocycles. The fraction of sp³-hybridized carbons (Fsp3) is 0.286. The van der Waals surface area contributed by atoms with E-state index in [1.807, 2.05) is 30.3 Å². The number of ether oxygens (including phenoxy) is 1. The molecule has 1 saturated heterocycles. The van der Waals surface area contributed by atoms with Crippen molar-refractivity contribution in [3.8, 4) is 11.3 Å². The lowest BCUT2D eigenvalue weighted by Crippen LogP contribution is -2.40. The molecule has 0 spiro atoms. The van der Waals surface area contributed by atoms with Crippen molar-refractivity contribution in [2.24, 2.45) is 0 Å². The summed E-state index contributed by atoms with van der Waals surface area (Å²) in [6.07, 6.45) is 1.60. The van der Waals surface area contributed by atoms with Gasteiger partial charge in [-0.25, -0.2) is 0 Å². The average molecular weight is 257 g/mol. The molecule has 2 aromatic rings. The largest absolute Gasteiger partial charge is 0.378 e. The zero-order valence-corrected chi connectivity index (χ0v) is 10.5. The van der Waals surface area contributed by atoms with Crippen LogP contribution in [0.25, 0.3) is 11.3 Å². The lowest BCUT2D eigenvalue weighted by Gasteiger charge is -2.26. The number of rotatable bonds is 2. The number of carbonyl (C=O) groups excluding carboxylic acids is 1. The molecule has 1 aromatic heterocycles. The Bertz CT molecular complexity index is 559. The molecule has 0 unspecified atom stereocenters. The lowest BCUT2D eigenvalue weighted by molar-refractivity contribution is 0.0303. The molecule has 1 amide bonds. The van der Waals surface area contributed by atoms with Gasteiger partial charge in [-0.1, -0.05) is 30.3 Å². The zero-order chi connectivity index (χ0) is 13.1. The Balaban J connectivity index is 1.89. The maximum atomic E-state index is 12.5. The number of nitrogens with zero attached hydrogens (tertiary/aromatic N) is 2. The van der Waals surface area contributed by atoms with Gasteiger partial charge in [0.05, 0.1) is 30.7 Å². The van der Waals surface area contributed by atoms with Gasteiger partial charge in [-0.3, -0.25) is 9.89 Å². The third kappa shape index (κ3) is 2.37. The molecule has 0 radical (unpaired) electrons. The highest BCUT2D eigenvalue weighted by molar-refractivity contribution is 5.99. The van der Waals surface area contributed by atoms with E-state index in [2.05, 4.69) is 10.2 Å². The van der Waals surface area contributed by atoms with E-state index in [1.165, 1.54) is 0 Å². The second kappa shape index (κ2) is 5.24. The molecule has 1 aromatic carbocycles. The monoisotopic (exact) mass is 257 g/mol. The summed E-state index contributed by atoms with van der Waals surface area (Å²) >= 11 is 0. The molecular formula is C14H15N3O2. The van der Waals surface area contributed by atoms with E-state index in [9.17, 15) is 4.79 Å². The number of aromatic amines is 1. The molecule has 5 heteroatoms. The number of hydrogen-bond donors (Lipinski definition) is 1. The van der Waals surface area contributed by atoms with Crippen LogP contribution in [0.1, 0.15) is 10.4 Å². The first-order valence-electron chi connectivity index (χ1n) is 6.32.